The quantitative estimate of drug-likeness (QED) is 0.710. The maximum absolute atomic E-state index is 5.57. The van der Waals surface area contributed by atoms with Crippen LogP contribution in [0.2, 0.25) is 0 Å². The predicted octanol–water partition coefficient (Wildman–Crippen LogP) is 2.99. The zero-order valence-corrected chi connectivity index (χ0v) is 7.87. The van der Waals surface area contributed by atoms with Crippen LogP contribution in [-0.4, -0.2) is 6.61 Å². The number of ether oxygens (including phenoxy) is 1. The number of hydrogen-bond donors (Lipinski definition) is 0. The zero-order valence-electron chi connectivity index (χ0n) is 7.87. The third-order valence-corrected chi connectivity index (χ3v) is 2.65. The Morgan fingerprint density at radius 3 is 2.92 bits per heavy atom. The number of furan rings is 1. The van der Waals surface area contributed by atoms with E-state index in [4.69, 9.17) is 9.15 Å². The fraction of sp³-hybridized carbons (Fsp3) is 0.636. The minimum atomic E-state index is 0.628. The van der Waals surface area contributed by atoms with Gasteiger partial charge in [0.25, 0.3) is 0 Å². The fourth-order valence-electron chi connectivity index (χ4n) is 1.90. The molecule has 0 spiro atoms. The van der Waals surface area contributed by atoms with Crippen LogP contribution in [0.1, 0.15) is 31.4 Å². The zero-order chi connectivity index (χ0) is 8.93. The molecule has 2 rings (SSSR count). The van der Waals surface area contributed by atoms with Crippen LogP contribution in [0.5, 0.6) is 0 Å². The molecule has 1 heterocycles. The lowest BCUT2D eigenvalue weighted by atomic mass is 10.1. The summed E-state index contributed by atoms with van der Waals surface area (Å²) in [7, 11) is 0. The van der Waals surface area contributed by atoms with Gasteiger partial charge in [-0.3, -0.25) is 0 Å². The highest BCUT2D eigenvalue weighted by molar-refractivity contribution is 4.96. The second-order valence-corrected chi connectivity index (χ2v) is 3.74. The van der Waals surface area contributed by atoms with Gasteiger partial charge in [0, 0.05) is 6.61 Å². The molecule has 0 amide bonds. The molecule has 1 aromatic rings. The van der Waals surface area contributed by atoms with E-state index in [-0.39, 0.29) is 0 Å². The Kier molecular flexibility index (Phi) is 3.03. The summed E-state index contributed by atoms with van der Waals surface area (Å²) in [6.45, 7) is 1.53. The van der Waals surface area contributed by atoms with Crippen molar-refractivity contribution >= 4 is 0 Å². The molecule has 2 heteroatoms. The van der Waals surface area contributed by atoms with Crippen molar-refractivity contribution < 1.29 is 9.15 Å². The maximum Gasteiger partial charge on any atom is 0.129 e. The first-order chi connectivity index (χ1) is 6.45. The van der Waals surface area contributed by atoms with Crippen molar-refractivity contribution in [2.24, 2.45) is 5.92 Å². The first-order valence-corrected chi connectivity index (χ1v) is 5.05. The van der Waals surface area contributed by atoms with Crippen LogP contribution in [0.15, 0.2) is 22.8 Å². The van der Waals surface area contributed by atoms with E-state index in [0.29, 0.717) is 6.61 Å². The lowest BCUT2D eigenvalue weighted by molar-refractivity contribution is 0.0771. The molecule has 0 aromatic carbocycles. The van der Waals surface area contributed by atoms with Crippen molar-refractivity contribution in [1.82, 2.24) is 0 Å². The Morgan fingerprint density at radius 2 is 2.23 bits per heavy atom. The lowest BCUT2D eigenvalue weighted by Crippen LogP contribution is -2.04. The van der Waals surface area contributed by atoms with E-state index in [1.54, 1.807) is 6.26 Å². The smallest absolute Gasteiger partial charge is 0.129 e. The van der Waals surface area contributed by atoms with E-state index in [1.165, 1.54) is 25.7 Å². The Labute approximate surface area is 78.9 Å². The molecule has 0 aliphatic heterocycles. The van der Waals surface area contributed by atoms with Crippen LogP contribution in [0, 0.1) is 5.92 Å². The Bertz CT molecular complexity index is 222. The summed E-state index contributed by atoms with van der Waals surface area (Å²) in [5, 5.41) is 0. The molecular weight excluding hydrogens is 164 g/mol. The summed E-state index contributed by atoms with van der Waals surface area (Å²) in [4.78, 5) is 0. The molecule has 1 aliphatic rings. The second kappa shape index (κ2) is 4.47. The van der Waals surface area contributed by atoms with Crippen molar-refractivity contribution in [2.75, 3.05) is 6.61 Å². The van der Waals surface area contributed by atoms with Crippen molar-refractivity contribution in [2.45, 2.75) is 32.3 Å². The van der Waals surface area contributed by atoms with Gasteiger partial charge < -0.3 is 9.15 Å². The SMILES string of the molecule is c1coc(COCC2CCCC2)c1. The fourth-order valence-corrected chi connectivity index (χ4v) is 1.90. The lowest BCUT2D eigenvalue weighted by Gasteiger charge is -2.08. The number of hydrogen-bond acceptors (Lipinski definition) is 2. The van der Waals surface area contributed by atoms with Crippen LogP contribution >= 0.6 is 0 Å². The molecular formula is C11H16O2. The van der Waals surface area contributed by atoms with Crippen molar-refractivity contribution in [3.8, 4) is 0 Å². The Morgan fingerprint density at radius 1 is 1.38 bits per heavy atom. The maximum atomic E-state index is 5.57. The third kappa shape index (κ3) is 2.59. The van der Waals surface area contributed by atoms with E-state index >= 15 is 0 Å². The average molecular weight is 180 g/mol. The van der Waals surface area contributed by atoms with E-state index in [9.17, 15) is 0 Å². The van der Waals surface area contributed by atoms with Gasteiger partial charge >= 0.3 is 0 Å². The van der Waals surface area contributed by atoms with Crippen LogP contribution < -0.4 is 0 Å². The molecule has 1 saturated carbocycles. The first-order valence-electron chi connectivity index (χ1n) is 5.05. The van der Waals surface area contributed by atoms with Crippen LogP contribution in [0.4, 0.5) is 0 Å². The van der Waals surface area contributed by atoms with E-state index < -0.39 is 0 Å². The molecule has 13 heavy (non-hydrogen) atoms. The summed E-state index contributed by atoms with van der Waals surface area (Å²) in [5.41, 5.74) is 0. The van der Waals surface area contributed by atoms with Gasteiger partial charge in [0.1, 0.15) is 12.4 Å². The van der Waals surface area contributed by atoms with Gasteiger partial charge in [0.2, 0.25) is 0 Å². The van der Waals surface area contributed by atoms with Gasteiger partial charge in [-0.1, -0.05) is 12.8 Å². The summed E-state index contributed by atoms with van der Waals surface area (Å²) >= 11 is 0. The molecule has 0 atom stereocenters. The van der Waals surface area contributed by atoms with Gasteiger partial charge in [-0.25, -0.2) is 0 Å². The summed E-state index contributed by atoms with van der Waals surface area (Å²) in [6.07, 6.45) is 7.15. The van der Waals surface area contributed by atoms with Crippen LogP contribution in [0.25, 0.3) is 0 Å². The number of rotatable bonds is 4. The molecule has 2 nitrogen and oxygen atoms in total. The standard InChI is InChI=1S/C11H16O2/c1-2-5-10(4-1)8-12-9-11-6-3-7-13-11/h3,6-7,10H,1-2,4-5,8-9H2. The highest BCUT2D eigenvalue weighted by atomic mass is 16.5. The minimum Gasteiger partial charge on any atom is -0.467 e. The molecule has 0 N–H and O–H groups in total. The normalized spacial score (nSPS) is 18.2. The summed E-state index contributed by atoms with van der Waals surface area (Å²) in [5.74, 6) is 1.73. The Hall–Kier alpha value is -0.760. The minimum absolute atomic E-state index is 0.628. The van der Waals surface area contributed by atoms with E-state index in [1.807, 2.05) is 12.1 Å². The topological polar surface area (TPSA) is 22.4 Å². The van der Waals surface area contributed by atoms with Crippen molar-refractivity contribution in [1.29, 1.82) is 0 Å². The van der Waals surface area contributed by atoms with Crippen molar-refractivity contribution in [3.63, 3.8) is 0 Å². The summed E-state index contributed by atoms with van der Waals surface area (Å²) in [6, 6.07) is 3.85. The second-order valence-electron chi connectivity index (χ2n) is 3.74. The molecule has 1 aromatic heterocycles. The van der Waals surface area contributed by atoms with Crippen LogP contribution in [-0.2, 0) is 11.3 Å². The molecule has 0 bridgehead atoms. The van der Waals surface area contributed by atoms with Crippen LogP contribution in [0.3, 0.4) is 0 Å². The monoisotopic (exact) mass is 180 g/mol. The van der Waals surface area contributed by atoms with Gasteiger partial charge in [-0.05, 0) is 30.9 Å². The van der Waals surface area contributed by atoms with Gasteiger partial charge in [0.15, 0.2) is 0 Å². The molecule has 0 radical (unpaired) electrons. The van der Waals surface area contributed by atoms with Gasteiger partial charge in [-0.2, -0.15) is 0 Å². The molecule has 0 unspecified atom stereocenters. The molecule has 72 valence electrons. The van der Waals surface area contributed by atoms with E-state index in [2.05, 4.69) is 0 Å². The third-order valence-electron chi connectivity index (χ3n) is 2.65. The molecule has 0 saturated heterocycles. The first kappa shape index (κ1) is 8.82. The predicted molar refractivity (Wildman–Crippen MR) is 50.3 cm³/mol. The average Bonchev–Trinajstić information content (AvgIpc) is 2.75. The highest BCUT2D eigenvalue weighted by Gasteiger charge is 2.14. The highest BCUT2D eigenvalue weighted by Crippen LogP contribution is 2.24. The molecule has 1 aliphatic carbocycles. The van der Waals surface area contributed by atoms with Gasteiger partial charge in [0.05, 0.1) is 6.26 Å². The summed E-state index contributed by atoms with van der Waals surface area (Å²) < 4.78 is 10.7. The largest absolute Gasteiger partial charge is 0.467 e. The van der Waals surface area contributed by atoms with Crippen molar-refractivity contribution in [3.05, 3.63) is 24.2 Å². The molecule has 1 fully saturated rings. The van der Waals surface area contributed by atoms with E-state index in [0.717, 1.165) is 18.3 Å². The Balaban J connectivity index is 1.63. The van der Waals surface area contributed by atoms with Gasteiger partial charge in [-0.15, -0.1) is 0 Å².